The number of ether oxygens (including phenoxy) is 1. The maximum absolute atomic E-state index is 12.7. The minimum Gasteiger partial charge on any atom is -0.393 e. The van der Waals surface area contributed by atoms with E-state index in [2.05, 4.69) is 43.6 Å². The number of tetrazole rings is 1. The van der Waals surface area contributed by atoms with Crippen molar-refractivity contribution in [2.75, 3.05) is 37.3 Å². The lowest BCUT2D eigenvalue weighted by Gasteiger charge is -2.30. The third-order valence-electron chi connectivity index (χ3n) is 7.20. The highest BCUT2D eigenvalue weighted by molar-refractivity contribution is 7.99. The van der Waals surface area contributed by atoms with Gasteiger partial charge in [0.1, 0.15) is 5.60 Å². The SMILES string of the molecule is CC(C)(C#Cc1ccc(NC(=O)CSc2nnnn2-c2ccc(C3CC3)cc2Cl)c(Cl)c1)OCCN1CCC(O)CC1. The van der Waals surface area contributed by atoms with Crippen molar-refractivity contribution in [2.45, 2.75) is 62.3 Å². The van der Waals surface area contributed by atoms with Crippen LogP contribution in [-0.4, -0.2) is 79.8 Å². The Morgan fingerprint density at radius 3 is 2.64 bits per heavy atom. The van der Waals surface area contributed by atoms with E-state index >= 15 is 0 Å². The standard InChI is InChI=1S/C30H34Cl2N6O3S/c1-30(2,41-16-15-37-13-10-23(39)11-14-37)12-9-20-3-7-26(24(31)17-20)33-28(40)19-42-29-34-35-36-38(29)27-8-6-22(18-25(27)32)21-4-5-21/h3,6-8,17-18,21,23,39H,4-5,10-11,13-16,19H2,1-2H3,(H,33,40). The molecule has 1 aromatic heterocycles. The summed E-state index contributed by atoms with van der Waals surface area (Å²) >= 11 is 14.2. The summed E-state index contributed by atoms with van der Waals surface area (Å²) in [5.41, 5.74) is 2.48. The van der Waals surface area contributed by atoms with Crippen molar-refractivity contribution in [3.63, 3.8) is 0 Å². The zero-order valence-corrected chi connectivity index (χ0v) is 26.0. The molecule has 0 radical (unpaired) electrons. The number of nitrogens with one attached hydrogen (secondary N) is 1. The van der Waals surface area contributed by atoms with Gasteiger partial charge in [-0.3, -0.25) is 4.79 Å². The van der Waals surface area contributed by atoms with Crippen LogP contribution in [0.15, 0.2) is 41.6 Å². The summed E-state index contributed by atoms with van der Waals surface area (Å²) in [5.74, 6) is 6.72. The third-order valence-corrected chi connectivity index (χ3v) is 8.74. The number of carbonyl (C=O) groups excluding carboxylic acids is 1. The molecule has 2 aliphatic rings. The van der Waals surface area contributed by atoms with Gasteiger partial charge >= 0.3 is 0 Å². The van der Waals surface area contributed by atoms with Crippen molar-refractivity contribution in [1.82, 2.24) is 25.1 Å². The number of rotatable bonds is 10. The predicted octanol–water partition coefficient (Wildman–Crippen LogP) is 5.18. The highest BCUT2D eigenvalue weighted by Crippen LogP contribution is 2.41. The fraction of sp³-hybridized carbons (Fsp3) is 0.467. The van der Waals surface area contributed by atoms with Gasteiger partial charge in [0.2, 0.25) is 11.1 Å². The number of likely N-dealkylation sites (tertiary alicyclic amines) is 1. The Morgan fingerprint density at radius 2 is 1.93 bits per heavy atom. The molecule has 0 spiro atoms. The quantitative estimate of drug-likeness (QED) is 0.234. The molecule has 2 fully saturated rings. The topological polar surface area (TPSA) is 105 Å². The van der Waals surface area contributed by atoms with Gasteiger partial charge in [-0.25, -0.2) is 0 Å². The fourth-order valence-electron chi connectivity index (χ4n) is 4.63. The van der Waals surface area contributed by atoms with E-state index in [0.717, 1.165) is 38.0 Å². The molecule has 9 nitrogen and oxygen atoms in total. The van der Waals surface area contributed by atoms with Gasteiger partial charge in [-0.15, -0.1) is 5.10 Å². The highest BCUT2D eigenvalue weighted by Gasteiger charge is 2.25. The van der Waals surface area contributed by atoms with Gasteiger partial charge in [0, 0.05) is 25.2 Å². The lowest BCUT2D eigenvalue weighted by molar-refractivity contribution is -0.113. The maximum Gasteiger partial charge on any atom is 0.234 e. The van der Waals surface area contributed by atoms with Gasteiger partial charge in [-0.2, -0.15) is 4.68 Å². The van der Waals surface area contributed by atoms with Crippen molar-refractivity contribution < 1.29 is 14.6 Å². The van der Waals surface area contributed by atoms with Crippen molar-refractivity contribution >= 4 is 46.6 Å². The molecule has 1 aliphatic heterocycles. The number of carbonyl (C=O) groups is 1. The second-order valence-corrected chi connectivity index (χ2v) is 12.8. The second kappa shape index (κ2) is 13.8. The minimum atomic E-state index is -0.634. The first-order chi connectivity index (χ1) is 20.2. The number of hydrogen-bond donors (Lipinski definition) is 2. The Bertz CT molecular complexity index is 1480. The average molecular weight is 630 g/mol. The molecule has 222 valence electrons. The second-order valence-electron chi connectivity index (χ2n) is 11.1. The van der Waals surface area contributed by atoms with Crippen LogP contribution in [0, 0.1) is 11.8 Å². The summed E-state index contributed by atoms with van der Waals surface area (Å²) in [7, 11) is 0. The number of anilines is 1. The fourth-order valence-corrected chi connectivity index (χ4v) is 5.81. The van der Waals surface area contributed by atoms with Crippen LogP contribution in [0.4, 0.5) is 5.69 Å². The lowest BCUT2D eigenvalue weighted by Crippen LogP contribution is -2.39. The Kier molecular flexibility index (Phi) is 10.1. The van der Waals surface area contributed by atoms with Crippen LogP contribution in [0.3, 0.4) is 0 Å². The maximum atomic E-state index is 12.7. The van der Waals surface area contributed by atoms with Gasteiger partial charge in [-0.1, -0.05) is 52.9 Å². The average Bonchev–Trinajstić information content (AvgIpc) is 3.71. The third kappa shape index (κ3) is 8.47. The first-order valence-corrected chi connectivity index (χ1v) is 15.8. The molecule has 0 atom stereocenters. The number of benzene rings is 2. The van der Waals surface area contributed by atoms with Gasteiger partial charge < -0.3 is 20.1 Å². The molecular weight excluding hydrogens is 595 g/mol. The van der Waals surface area contributed by atoms with E-state index in [-0.39, 0.29) is 17.8 Å². The molecule has 1 saturated heterocycles. The Morgan fingerprint density at radius 1 is 1.14 bits per heavy atom. The largest absolute Gasteiger partial charge is 0.393 e. The van der Waals surface area contributed by atoms with E-state index in [9.17, 15) is 9.90 Å². The van der Waals surface area contributed by atoms with Crippen LogP contribution in [0.5, 0.6) is 0 Å². The van der Waals surface area contributed by atoms with Gasteiger partial charge in [0.15, 0.2) is 0 Å². The van der Waals surface area contributed by atoms with Crippen LogP contribution in [0.1, 0.15) is 56.6 Å². The first kappa shape index (κ1) is 30.8. The van der Waals surface area contributed by atoms with Gasteiger partial charge in [0.05, 0.1) is 39.9 Å². The molecule has 1 amide bonds. The summed E-state index contributed by atoms with van der Waals surface area (Å²) in [6.45, 7) is 7.01. The first-order valence-electron chi connectivity index (χ1n) is 14.0. The van der Waals surface area contributed by atoms with Crippen LogP contribution in [-0.2, 0) is 9.53 Å². The molecule has 2 aromatic carbocycles. The molecule has 0 bridgehead atoms. The number of piperidine rings is 1. The Balaban J connectivity index is 1.11. The molecule has 2 N–H and O–H groups in total. The monoisotopic (exact) mass is 628 g/mol. The normalized spacial score (nSPS) is 16.2. The van der Waals surface area contributed by atoms with E-state index in [1.54, 1.807) is 16.8 Å². The molecule has 12 heteroatoms. The van der Waals surface area contributed by atoms with E-state index in [0.29, 0.717) is 39.1 Å². The molecule has 0 unspecified atom stereocenters. The summed E-state index contributed by atoms with van der Waals surface area (Å²) in [5, 5.41) is 25.8. The molecule has 5 rings (SSSR count). The van der Waals surface area contributed by atoms with Crippen molar-refractivity contribution in [2.24, 2.45) is 0 Å². The smallest absolute Gasteiger partial charge is 0.234 e. The molecular formula is C30H34Cl2N6O3S. The predicted molar refractivity (Wildman–Crippen MR) is 166 cm³/mol. The van der Waals surface area contributed by atoms with Crippen molar-refractivity contribution in [3.8, 4) is 17.5 Å². The molecule has 2 heterocycles. The van der Waals surface area contributed by atoms with Crippen LogP contribution in [0.2, 0.25) is 10.0 Å². The summed E-state index contributed by atoms with van der Waals surface area (Å²) < 4.78 is 7.56. The van der Waals surface area contributed by atoms with E-state index in [1.165, 1.54) is 30.2 Å². The zero-order chi connectivity index (χ0) is 29.7. The van der Waals surface area contributed by atoms with E-state index < -0.39 is 5.60 Å². The van der Waals surface area contributed by atoms with Crippen LogP contribution >= 0.6 is 35.0 Å². The van der Waals surface area contributed by atoms with E-state index in [4.69, 9.17) is 27.9 Å². The number of amides is 1. The number of aliphatic hydroxyl groups is 1. The summed E-state index contributed by atoms with van der Waals surface area (Å²) in [6, 6.07) is 11.2. The molecule has 1 aliphatic carbocycles. The van der Waals surface area contributed by atoms with Gasteiger partial charge in [0.25, 0.3) is 0 Å². The highest BCUT2D eigenvalue weighted by atomic mass is 35.5. The number of hydrogen-bond acceptors (Lipinski definition) is 8. The molecule has 1 saturated carbocycles. The summed E-state index contributed by atoms with van der Waals surface area (Å²) in [4.78, 5) is 15.0. The number of halogens is 2. The number of thioether (sulfide) groups is 1. The lowest BCUT2D eigenvalue weighted by atomic mass is 10.1. The van der Waals surface area contributed by atoms with Crippen LogP contribution < -0.4 is 5.32 Å². The number of aromatic nitrogens is 4. The van der Waals surface area contributed by atoms with Gasteiger partial charge in [-0.05, 0) is 91.8 Å². The zero-order valence-electron chi connectivity index (χ0n) is 23.6. The number of nitrogens with zero attached hydrogens (tertiary/aromatic N) is 5. The Labute approximate surface area is 260 Å². The molecule has 42 heavy (non-hydrogen) atoms. The minimum absolute atomic E-state index is 0.0829. The van der Waals surface area contributed by atoms with Crippen LogP contribution in [0.25, 0.3) is 5.69 Å². The molecule has 3 aromatic rings. The van der Waals surface area contributed by atoms with Crippen molar-refractivity contribution in [3.05, 3.63) is 57.6 Å². The Hall–Kier alpha value is -2.65. The van der Waals surface area contributed by atoms with E-state index in [1.807, 2.05) is 32.0 Å². The number of aliphatic hydroxyl groups excluding tert-OH is 1. The van der Waals surface area contributed by atoms with Crippen molar-refractivity contribution in [1.29, 1.82) is 0 Å². The summed E-state index contributed by atoms with van der Waals surface area (Å²) in [6.07, 6.45) is 3.82.